The Bertz CT molecular complexity index is 484. The number of piperidine rings is 1. The quantitative estimate of drug-likeness (QED) is 0.843. The van der Waals surface area contributed by atoms with E-state index in [1.54, 1.807) is 12.1 Å². The molecule has 1 heterocycles. The normalized spacial score (nSPS) is 19.9. The lowest BCUT2D eigenvalue weighted by Gasteiger charge is -2.32. The Balaban J connectivity index is 1.98. The first-order chi connectivity index (χ1) is 9.49. The summed E-state index contributed by atoms with van der Waals surface area (Å²) < 4.78 is 0. The first-order valence-electron chi connectivity index (χ1n) is 6.72. The zero-order valence-corrected chi connectivity index (χ0v) is 13.0. The predicted molar refractivity (Wildman–Crippen MR) is 83.5 cm³/mol. The number of anilines is 1. The van der Waals surface area contributed by atoms with Gasteiger partial charge in [-0.05, 0) is 38.6 Å². The summed E-state index contributed by atoms with van der Waals surface area (Å²) in [6.07, 6.45) is 3.55. The average Bonchev–Trinajstić information content (AvgIpc) is 2.43. The van der Waals surface area contributed by atoms with Gasteiger partial charge in [-0.1, -0.05) is 29.6 Å². The third-order valence-corrected chi connectivity index (χ3v) is 4.39. The summed E-state index contributed by atoms with van der Waals surface area (Å²) in [5, 5.41) is 3.54. The highest BCUT2D eigenvalue weighted by Crippen LogP contribution is 2.28. The number of hydrogen-bond acceptors (Lipinski definition) is 3. The third-order valence-electron chi connectivity index (χ3n) is 3.76. The maximum atomic E-state index is 12.1. The number of nitrogen functional groups attached to an aromatic ring is 1. The molecule has 4 nitrogen and oxygen atoms in total. The Morgan fingerprint density at radius 2 is 2.05 bits per heavy atom. The number of benzene rings is 1. The molecule has 2 rings (SSSR count). The molecular weight excluding hydrogens is 297 g/mol. The van der Waals surface area contributed by atoms with Crippen molar-refractivity contribution >= 4 is 34.8 Å². The molecule has 110 valence electrons. The first kappa shape index (κ1) is 15.4. The van der Waals surface area contributed by atoms with Crippen LogP contribution < -0.4 is 11.1 Å². The molecule has 1 aliphatic rings. The van der Waals surface area contributed by atoms with E-state index in [9.17, 15) is 4.79 Å². The minimum atomic E-state index is -0.173. The van der Waals surface area contributed by atoms with E-state index >= 15 is 0 Å². The fourth-order valence-corrected chi connectivity index (χ4v) is 2.92. The summed E-state index contributed by atoms with van der Waals surface area (Å²) in [5.74, 6) is -0.173. The number of nitrogens with two attached hydrogens (primary N) is 1. The molecular formula is C14H19Cl2N3O. The van der Waals surface area contributed by atoms with Gasteiger partial charge in [0.05, 0.1) is 15.7 Å². The molecule has 3 N–H and O–H groups in total. The minimum Gasteiger partial charge on any atom is -0.396 e. The fourth-order valence-electron chi connectivity index (χ4n) is 2.43. The topological polar surface area (TPSA) is 58.4 Å². The van der Waals surface area contributed by atoms with Gasteiger partial charge in [0.1, 0.15) is 0 Å². The van der Waals surface area contributed by atoms with Gasteiger partial charge in [0.2, 0.25) is 0 Å². The van der Waals surface area contributed by atoms with Crippen molar-refractivity contribution < 1.29 is 4.79 Å². The van der Waals surface area contributed by atoms with Crippen LogP contribution in [0.15, 0.2) is 12.1 Å². The van der Waals surface area contributed by atoms with E-state index < -0.39 is 0 Å². The minimum absolute atomic E-state index is 0.173. The molecule has 1 aromatic carbocycles. The zero-order valence-electron chi connectivity index (χ0n) is 11.5. The molecule has 20 heavy (non-hydrogen) atoms. The average molecular weight is 316 g/mol. The fraction of sp³-hybridized carbons (Fsp3) is 0.500. The number of carbonyl (C=O) groups is 1. The SMILES string of the molecule is CN1CCCCC1CNC(=O)c1cc(Cl)c(N)c(Cl)c1. The van der Waals surface area contributed by atoms with E-state index in [0.717, 1.165) is 13.0 Å². The molecule has 1 unspecified atom stereocenters. The van der Waals surface area contributed by atoms with Crippen molar-refractivity contribution in [3.05, 3.63) is 27.7 Å². The van der Waals surface area contributed by atoms with Gasteiger partial charge in [0.25, 0.3) is 5.91 Å². The molecule has 1 amide bonds. The van der Waals surface area contributed by atoms with E-state index in [2.05, 4.69) is 17.3 Å². The second kappa shape index (κ2) is 6.66. The van der Waals surface area contributed by atoms with Gasteiger partial charge >= 0.3 is 0 Å². The smallest absolute Gasteiger partial charge is 0.251 e. The van der Waals surface area contributed by atoms with Crippen molar-refractivity contribution in [2.75, 3.05) is 25.9 Å². The van der Waals surface area contributed by atoms with Gasteiger partial charge in [-0.15, -0.1) is 0 Å². The lowest BCUT2D eigenvalue weighted by Crippen LogP contribution is -2.44. The van der Waals surface area contributed by atoms with Crippen LogP contribution in [0.4, 0.5) is 5.69 Å². The highest BCUT2D eigenvalue weighted by atomic mass is 35.5. The molecule has 6 heteroatoms. The molecule has 1 saturated heterocycles. The lowest BCUT2D eigenvalue weighted by molar-refractivity contribution is 0.0928. The maximum absolute atomic E-state index is 12.1. The second-order valence-electron chi connectivity index (χ2n) is 5.19. The molecule has 1 atom stereocenters. The van der Waals surface area contributed by atoms with Crippen LogP contribution in [-0.4, -0.2) is 37.0 Å². The number of carbonyl (C=O) groups excluding carboxylic acids is 1. The van der Waals surface area contributed by atoms with E-state index in [1.807, 2.05) is 0 Å². The number of hydrogen-bond donors (Lipinski definition) is 2. The van der Waals surface area contributed by atoms with Gasteiger partial charge in [0, 0.05) is 18.2 Å². The van der Waals surface area contributed by atoms with Crippen molar-refractivity contribution in [1.29, 1.82) is 0 Å². The number of halogens is 2. The Morgan fingerprint density at radius 1 is 1.40 bits per heavy atom. The monoisotopic (exact) mass is 315 g/mol. The van der Waals surface area contributed by atoms with E-state index in [0.29, 0.717) is 33.9 Å². The van der Waals surface area contributed by atoms with E-state index in [-0.39, 0.29) is 5.91 Å². The standard InChI is InChI=1S/C14H19Cl2N3O/c1-19-5-3-2-4-10(19)8-18-14(20)9-6-11(15)13(17)12(16)7-9/h6-7,10H,2-5,8,17H2,1H3,(H,18,20). The summed E-state index contributed by atoms with van der Waals surface area (Å²) in [7, 11) is 2.09. The number of likely N-dealkylation sites (N-methyl/N-ethyl adjacent to an activating group) is 1. The number of nitrogens with zero attached hydrogens (tertiary/aromatic N) is 1. The van der Waals surface area contributed by atoms with Crippen molar-refractivity contribution in [1.82, 2.24) is 10.2 Å². The molecule has 0 spiro atoms. The van der Waals surface area contributed by atoms with Gasteiger partial charge in [0.15, 0.2) is 0 Å². The van der Waals surface area contributed by atoms with Crippen LogP contribution in [0.3, 0.4) is 0 Å². The molecule has 1 aliphatic heterocycles. The maximum Gasteiger partial charge on any atom is 0.251 e. The Hall–Kier alpha value is -0.970. The highest BCUT2D eigenvalue weighted by molar-refractivity contribution is 6.39. The van der Waals surface area contributed by atoms with E-state index in [1.165, 1.54) is 12.8 Å². The van der Waals surface area contributed by atoms with Crippen LogP contribution >= 0.6 is 23.2 Å². The lowest BCUT2D eigenvalue weighted by atomic mass is 10.0. The zero-order chi connectivity index (χ0) is 14.7. The largest absolute Gasteiger partial charge is 0.396 e. The van der Waals surface area contributed by atoms with Crippen LogP contribution in [0.5, 0.6) is 0 Å². The van der Waals surface area contributed by atoms with Gasteiger partial charge in [-0.2, -0.15) is 0 Å². The van der Waals surface area contributed by atoms with Crippen molar-refractivity contribution in [3.63, 3.8) is 0 Å². The molecule has 0 aromatic heterocycles. The molecule has 1 aromatic rings. The summed E-state index contributed by atoms with van der Waals surface area (Å²) >= 11 is 11.9. The number of nitrogens with one attached hydrogen (secondary N) is 1. The summed E-state index contributed by atoms with van der Waals surface area (Å²) in [5.41, 5.74) is 6.40. The van der Waals surface area contributed by atoms with Gasteiger partial charge in [-0.3, -0.25) is 4.79 Å². The number of rotatable bonds is 3. The van der Waals surface area contributed by atoms with Crippen LogP contribution in [-0.2, 0) is 0 Å². The second-order valence-corrected chi connectivity index (χ2v) is 6.01. The van der Waals surface area contributed by atoms with Crippen molar-refractivity contribution in [3.8, 4) is 0 Å². The number of likely N-dealkylation sites (tertiary alicyclic amines) is 1. The summed E-state index contributed by atoms with van der Waals surface area (Å²) in [4.78, 5) is 14.4. The van der Waals surface area contributed by atoms with Crippen LogP contribution in [0.2, 0.25) is 10.0 Å². The van der Waals surface area contributed by atoms with Gasteiger partial charge in [-0.25, -0.2) is 0 Å². The van der Waals surface area contributed by atoms with Crippen molar-refractivity contribution in [2.24, 2.45) is 0 Å². The van der Waals surface area contributed by atoms with Crippen molar-refractivity contribution in [2.45, 2.75) is 25.3 Å². The Kier molecular flexibility index (Phi) is 5.13. The number of amides is 1. The predicted octanol–water partition coefficient (Wildman–Crippen LogP) is 2.79. The molecule has 0 bridgehead atoms. The van der Waals surface area contributed by atoms with Gasteiger partial charge < -0.3 is 16.0 Å². The highest BCUT2D eigenvalue weighted by Gasteiger charge is 2.20. The van der Waals surface area contributed by atoms with E-state index in [4.69, 9.17) is 28.9 Å². The van der Waals surface area contributed by atoms with Crippen LogP contribution in [0, 0.1) is 0 Å². The molecule has 0 saturated carbocycles. The summed E-state index contributed by atoms with van der Waals surface area (Å²) in [6, 6.07) is 3.48. The first-order valence-corrected chi connectivity index (χ1v) is 7.47. The molecule has 1 fully saturated rings. The van der Waals surface area contributed by atoms with Crippen LogP contribution in [0.1, 0.15) is 29.6 Å². The van der Waals surface area contributed by atoms with Crippen LogP contribution in [0.25, 0.3) is 0 Å². The molecule has 0 aliphatic carbocycles. The summed E-state index contributed by atoms with van der Waals surface area (Å²) in [6.45, 7) is 1.72. The molecule has 0 radical (unpaired) electrons. The Morgan fingerprint density at radius 3 is 2.65 bits per heavy atom. The third kappa shape index (κ3) is 3.57. The Labute approximate surface area is 129 Å².